The molecule has 0 aliphatic carbocycles. The van der Waals surface area contributed by atoms with Crippen molar-refractivity contribution in [3.63, 3.8) is 0 Å². The second-order valence-corrected chi connectivity index (χ2v) is 14.9. The van der Waals surface area contributed by atoms with Crippen LogP contribution in [0.15, 0.2) is 160 Å². The highest BCUT2D eigenvalue weighted by atomic mass is 79.9. The zero-order valence-corrected chi connectivity index (χ0v) is 33.8. The average molecular weight is 867 g/mol. The van der Waals surface area contributed by atoms with Crippen LogP contribution < -0.4 is 11.1 Å². The first-order chi connectivity index (χ1) is 28.0. The predicted molar refractivity (Wildman–Crippen MR) is 238 cm³/mol. The molecule has 58 heavy (non-hydrogen) atoms. The number of ketones is 2. The van der Waals surface area contributed by atoms with E-state index in [0.29, 0.717) is 54.4 Å². The van der Waals surface area contributed by atoms with Crippen LogP contribution in [0.4, 0.5) is 0 Å². The number of carbonyl (C=O) groups is 2. The molecule has 8 rings (SSSR count). The van der Waals surface area contributed by atoms with E-state index in [1.165, 1.54) is 12.2 Å². The molecule has 2 N–H and O–H groups in total. The number of hydrogen-bond donors (Lipinski definition) is 2. The molecule has 0 aliphatic heterocycles. The molecule has 0 atom stereocenters. The van der Waals surface area contributed by atoms with Gasteiger partial charge in [0.25, 0.3) is 11.1 Å². The third-order valence-electron chi connectivity index (χ3n) is 9.07. The van der Waals surface area contributed by atoms with Crippen LogP contribution in [0.25, 0.3) is 56.2 Å². The first-order valence-electron chi connectivity index (χ1n) is 17.9. The Hall–Kier alpha value is -6.52. The highest BCUT2D eigenvalue weighted by Crippen LogP contribution is 2.33. The fourth-order valence-electron chi connectivity index (χ4n) is 6.36. The first kappa shape index (κ1) is 39.7. The molecule has 8 nitrogen and oxygen atoms in total. The van der Waals surface area contributed by atoms with Gasteiger partial charge in [0.2, 0.25) is 0 Å². The van der Waals surface area contributed by atoms with Crippen molar-refractivity contribution in [2.24, 2.45) is 0 Å². The second-order valence-electron chi connectivity index (χ2n) is 13.1. The third kappa shape index (κ3) is 9.03. The maximum Gasteiger partial charge on any atom is 0.260 e. The lowest BCUT2D eigenvalue weighted by molar-refractivity contribution is 0.103. The molecule has 0 amide bonds. The van der Waals surface area contributed by atoms with Gasteiger partial charge in [-0.25, -0.2) is 0 Å². The highest BCUT2D eigenvalue weighted by Gasteiger charge is 2.21. The minimum absolute atomic E-state index is 0.0688. The van der Waals surface area contributed by atoms with Crippen molar-refractivity contribution in [1.82, 2.24) is 19.9 Å². The predicted octanol–water partition coefficient (Wildman–Crippen LogP) is 11.4. The first-order valence-corrected chi connectivity index (χ1v) is 19.4. The van der Waals surface area contributed by atoms with E-state index < -0.39 is 22.7 Å². The molecule has 4 aromatic heterocycles. The fraction of sp³-hybridized carbons (Fsp3) is 0.0213. The summed E-state index contributed by atoms with van der Waals surface area (Å²) in [5.74, 6) is -0.800. The summed E-state index contributed by atoms with van der Waals surface area (Å²) in [6.07, 6.45) is 9.31. The lowest BCUT2D eigenvalue weighted by Gasteiger charge is -2.11. The number of allylic oxidation sites excluding steroid dienone is 2. The second kappa shape index (κ2) is 17.7. The third-order valence-corrected chi connectivity index (χ3v) is 10.0. The average Bonchev–Trinajstić information content (AvgIpc) is 3.23. The molecule has 4 heterocycles. The number of hydrogen-bond acceptors (Lipinski definition) is 6. The number of aryl methyl sites for hydroxylation is 1. The maximum absolute atomic E-state index is 13.1. The van der Waals surface area contributed by atoms with Crippen molar-refractivity contribution in [2.75, 3.05) is 0 Å². The molecule has 4 aromatic carbocycles. The summed E-state index contributed by atoms with van der Waals surface area (Å²) < 4.78 is 0.843. The molecule has 0 bridgehead atoms. The van der Waals surface area contributed by atoms with Crippen LogP contribution in [0.1, 0.15) is 37.7 Å². The largest absolute Gasteiger partial charge is 0.321 e. The summed E-state index contributed by atoms with van der Waals surface area (Å²) >= 11 is 15.7. The number of nitrogens with one attached hydrogen (secondary N) is 2. The fourth-order valence-corrected chi connectivity index (χ4v) is 6.94. The molecule has 0 fully saturated rings. The van der Waals surface area contributed by atoms with E-state index in [1.807, 2.05) is 85.8 Å². The molecule has 11 heteroatoms. The number of aromatic nitrogens is 4. The van der Waals surface area contributed by atoms with Crippen molar-refractivity contribution >= 4 is 84.7 Å². The smallest absolute Gasteiger partial charge is 0.260 e. The summed E-state index contributed by atoms with van der Waals surface area (Å²) in [4.78, 5) is 65.9. The van der Waals surface area contributed by atoms with E-state index in [9.17, 15) is 19.2 Å². The number of nitrogens with zero attached hydrogens (tertiary/aromatic N) is 2. The molecule has 0 spiro atoms. The van der Waals surface area contributed by atoms with Gasteiger partial charge in [-0.15, -0.1) is 0 Å². The van der Waals surface area contributed by atoms with Crippen LogP contribution in [0.2, 0.25) is 10.0 Å². The lowest BCUT2D eigenvalue weighted by Crippen LogP contribution is -2.18. The van der Waals surface area contributed by atoms with Crippen LogP contribution in [0.3, 0.4) is 0 Å². The minimum Gasteiger partial charge on any atom is -0.321 e. The molecule has 284 valence electrons. The van der Waals surface area contributed by atoms with Gasteiger partial charge in [0.05, 0.1) is 22.5 Å². The summed E-state index contributed by atoms with van der Waals surface area (Å²) in [6, 6.07) is 36.5. The van der Waals surface area contributed by atoms with Crippen molar-refractivity contribution in [2.45, 2.75) is 6.92 Å². The van der Waals surface area contributed by atoms with E-state index in [0.717, 1.165) is 21.2 Å². The number of fused-ring (bicyclic) bond motifs is 2. The Morgan fingerprint density at radius 3 is 1.45 bits per heavy atom. The van der Waals surface area contributed by atoms with Crippen LogP contribution in [0.5, 0.6) is 0 Å². The van der Waals surface area contributed by atoms with Crippen molar-refractivity contribution in [1.29, 1.82) is 0 Å². The van der Waals surface area contributed by atoms with Gasteiger partial charge in [-0.05, 0) is 118 Å². The van der Waals surface area contributed by atoms with E-state index in [2.05, 4.69) is 35.9 Å². The maximum atomic E-state index is 13.1. The van der Waals surface area contributed by atoms with E-state index in [-0.39, 0.29) is 11.1 Å². The molecule has 0 aliphatic rings. The Labute approximate surface area is 350 Å². The number of aromatic amines is 2. The summed E-state index contributed by atoms with van der Waals surface area (Å²) in [5.41, 5.74) is 5.46. The van der Waals surface area contributed by atoms with Gasteiger partial charge in [-0.1, -0.05) is 89.9 Å². The van der Waals surface area contributed by atoms with Gasteiger partial charge in [-0.2, -0.15) is 0 Å². The Balaban J connectivity index is 0.000000177. The highest BCUT2D eigenvalue weighted by molar-refractivity contribution is 9.10. The number of H-pyrrole nitrogens is 2. The van der Waals surface area contributed by atoms with Crippen LogP contribution in [-0.4, -0.2) is 31.5 Å². The zero-order chi connectivity index (χ0) is 40.8. The normalized spacial score (nSPS) is 11.2. The van der Waals surface area contributed by atoms with E-state index >= 15 is 0 Å². The summed E-state index contributed by atoms with van der Waals surface area (Å²) in [6.45, 7) is 1.94. The van der Waals surface area contributed by atoms with Crippen molar-refractivity contribution in [3.05, 3.63) is 209 Å². The van der Waals surface area contributed by atoms with Gasteiger partial charge in [-0.3, -0.25) is 29.1 Å². The SMILES string of the molecule is Cc1ccc(/C=C/C(=O)c2c(-c3ccccc3)c3cc(Cl)ccc3[nH]c2=O)nc1.O=C(/C=C/c1ccc(Br)cn1)c1c(-c2ccccc2)c2cc(Cl)ccc2[nH]c1=O. The molecule has 0 saturated heterocycles. The van der Waals surface area contributed by atoms with Gasteiger partial charge in [0, 0.05) is 59.8 Å². The molecular formula is C47H31BrCl2N4O4. The topological polar surface area (TPSA) is 126 Å². The van der Waals surface area contributed by atoms with Gasteiger partial charge >= 0.3 is 0 Å². The number of pyridine rings is 4. The zero-order valence-electron chi connectivity index (χ0n) is 30.7. The number of rotatable bonds is 8. The van der Waals surface area contributed by atoms with Gasteiger partial charge in [0.15, 0.2) is 11.6 Å². The van der Waals surface area contributed by atoms with Crippen LogP contribution >= 0.6 is 39.1 Å². The van der Waals surface area contributed by atoms with E-state index in [1.54, 1.807) is 67.0 Å². The number of halogens is 3. The molecule has 0 unspecified atom stereocenters. The molecule has 8 aromatic rings. The van der Waals surface area contributed by atoms with Crippen molar-refractivity contribution < 1.29 is 9.59 Å². The summed E-state index contributed by atoms with van der Waals surface area (Å²) in [5, 5.41) is 2.48. The monoisotopic (exact) mass is 864 g/mol. The van der Waals surface area contributed by atoms with Crippen molar-refractivity contribution in [3.8, 4) is 22.3 Å². The Bertz CT molecular complexity index is 2790. The van der Waals surface area contributed by atoms with E-state index in [4.69, 9.17) is 23.2 Å². The summed E-state index contributed by atoms with van der Waals surface area (Å²) in [7, 11) is 0. The van der Waals surface area contributed by atoms with Gasteiger partial charge < -0.3 is 9.97 Å². The quantitative estimate of drug-likeness (QED) is 0.116. The molecular weight excluding hydrogens is 835 g/mol. The Morgan fingerprint density at radius 2 is 1.03 bits per heavy atom. The van der Waals surface area contributed by atoms with Gasteiger partial charge in [0.1, 0.15) is 0 Å². The van der Waals surface area contributed by atoms with Crippen LogP contribution in [0, 0.1) is 6.92 Å². The van der Waals surface area contributed by atoms with Crippen LogP contribution in [-0.2, 0) is 0 Å². The molecule has 0 saturated carbocycles. The molecule has 0 radical (unpaired) electrons. The standard InChI is InChI=1S/C24H17ClN2O2.C23H14BrClN2O2/c1-15-7-9-18(26-14-15)10-12-21(28)23-22(16-5-3-2-4-6-16)19-13-17(25)8-11-20(19)27-24(23)29;24-15-6-8-17(26-13-15)9-11-20(28)22-21(14-4-2-1-3-5-14)18-12-16(25)7-10-19(18)27-23(22)29/h2-14H,1H3,(H,27,29);1-13H,(H,27,29)/b12-10+;11-9+. The Kier molecular flexibility index (Phi) is 12.1. The Morgan fingerprint density at radius 1 is 0.586 bits per heavy atom. The lowest BCUT2D eigenvalue weighted by atomic mass is 9.94. The number of benzene rings is 4. The minimum atomic E-state index is -0.447. The number of carbonyl (C=O) groups excluding carboxylic acids is 2.